The lowest BCUT2D eigenvalue weighted by Crippen LogP contribution is -2.01. The van der Waals surface area contributed by atoms with Crippen LogP contribution in [0, 0.1) is 10.1 Å². The average molecular weight is 749 g/mol. The molecule has 0 amide bonds. The second kappa shape index (κ2) is 14.7. The highest BCUT2D eigenvalue weighted by atomic mass is 32.2. The summed E-state index contributed by atoms with van der Waals surface area (Å²) in [6.45, 7) is 0. The number of anilines is 1. The van der Waals surface area contributed by atoms with E-state index in [9.17, 15) is 46.3 Å². The van der Waals surface area contributed by atoms with Crippen molar-refractivity contribution in [2.75, 3.05) is 5.73 Å². The van der Waals surface area contributed by atoms with Gasteiger partial charge in [-0.3, -0.25) is 19.2 Å². The van der Waals surface area contributed by atoms with E-state index in [0.29, 0.717) is 0 Å². The van der Waals surface area contributed by atoms with E-state index in [2.05, 4.69) is 39.2 Å². The van der Waals surface area contributed by atoms with Gasteiger partial charge in [0, 0.05) is 17.8 Å². The van der Waals surface area contributed by atoms with Gasteiger partial charge in [-0.1, -0.05) is 10.1 Å². The number of aromatic hydroxyl groups is 2. The number of benzene rings is 4. The van der Waals surface area contributed by atoms with Crippen molar-refractivity contribution in [3.8, 4) is 11.5 Å². The molecule has 0 spiro atoms. The third-order valence-corrected chi connectivity index (χ3v) is 8.82. The Bertz CT molecular complexity index is 2180. The molecule has 26 heteroatoms. The van der Waals surface area contributed by atoms with Gasteiger partial charge in [-0.15, -0.1) is 24.0 Å². The molecule has 8 N–H and O–H groups in total. The summed E-state index contributed by atoms with van der Waals surface area (Å²) in [6.07, 6.45) is 0. The molecule has 48 heavy (non-hydrogen) atoms. The second-order valence-electron chi connectivity index (χ2n) is 8.68. The van der Waals surface area contributed by atoms with Crippen LogP contribution in [-0.4, -0.2) is 51.6 Å². The van der Waals surface area contributed by atoms with E-state index >= 15 is 0 Å². The van der Waals surface area contributed by atoms with Crippen LogP contribution < -0.4 is 5.73 Å². The standard InChI is InChI=1S/C22H16N6O16S4/c23-12-7-16(47(35,36)37)13(8-14(12)45-43-41-33)25-26-19-15(46-44-42-34)5-9-6-17(48(38,39)40)20(22(30)18(9)21(19)29)27-24-10-1-3-11(4-2-10)28(31)32/h1-8,29-30,33-34H,23H2,(H,35,36,37)(H,38,39,40). The van der Waals surface area contributed by atoms with Crippen LogP contribution in [0.15, 0.2) is 88.6 Å². The van der Waals surface area contributed by atoms with E-state index < -0.39 is 68.9 Å². The van der Waals surface area contributed by atoms with Crippen molar-refractivity contribution in [3.63, 3.8) is 0 Å². The highest BCUT2D eigenvalue weighted by Gasteiger charge is 2.27. The Labute approximate surface area is 274 Å². The molecule has 0 atom stereocenters. The highest BCUT2D eigenvalue weighted by Crippen LogP contribution is 2.51. The fourth-order valence-electron chi connectivity index (χ4n) is 3.79. The van der Waals surface area contributed by atoms with E-state index in [1.165, 1.54) is 0 Å². The number of fused-ring (bicyclic) bond motifs is 1. The van der Waals surface area contributed by atoms with Crippen LogP contribution in [0.3, 0.4) is 0 Å². The van der Waals surface area contributed by atoms with E-state index in [-0.39, 0.29) is 56.3 Å². The fourth-order valence-corrected chi connectivity index (χ4v) is 6.00. The largest absolute Gasteiger partial charge is 0.505 e. The van der Waals surface area contributed by atoms with Crippen molar-refractivity contribution >= 4 is 89.2 Å². The van der Waals surface area contributed by atoms with Crippen molar-refractivity contribution in [2.45, 2.75) is 19.6 Å². The van der Waals surface area contributed by atoms with Gasteiger partial charge in [0.1, 0.15) is 26.9 Å². The molecule has 4 aromatic carbocycles. The number of phenolic OH excluding ortho intramolecular Hbond substituents is 2. The lowest BCUT2D eigenvalue weighted by molar-refractivity contribution is -0.432. The summed E-state index contributed by atoms with van der Waals surface area (Å²) < 4.78 is 76.8. The Hall–Kier alpha value is -4.58. The summed E-state index contributed by atoms with van der Waals surface area (Å²) in [7, 11) is -10.2. The van der Waals surface area contributed by atoms with Crippen LogP contribution in [0.4, 0.5) is 34.1 Å². The lowest BCUT2D eigenvalue weighted by atomic mass is 10.1. The first-order chi connectivity index (χ1) is 22.6. The molecular weight excluding hydrogens is 733 g/mol. The van der Waals surface area contributed by atoms with Gasteiger partial charge in [0.15, 0.2) is 11.5 Å². The van der Waals surface area contributed by atoms with Gasteiger partial charge in [0.25, 0.3) is 25.9 Å². The molecule has 0 radical (unpaired) electrons. The summed E-state index contributed by atoms with van der Waals surface area (Å²) >= 11 is 0.434. The van der Waals surface area contributed by atoms with Crippen molar-refractivity contribution in [1.29, 1.82) is 0 Å². The molecule has 0 heterocycles. The second-order valence-corrected chi connectivity index (χ2v) is 12.9. The Morgan fingerprint density at radius 1 is 0.750 bits per heavy atom. The third kappa shape index (κ3) is 8.10. The Morgan fingerprint density at radius 3 is 1.88 bits per heavy atom. The summed E-state index contributed by atoms with van der Waals surface area (Å²) in [5.74, 6) is -2.09. The quantitative estimate of drug-likeness (QED) is 0.0158. The van der Waals surface area contributed by atoms with Gasteiger partial charge in [-0.05, 0) is 41.8 Å². The lowest BCUT2D eigenvalue weighted by Gasteiger charge is -2.13. The predicted molar refractivity (Wildman–Crippen MR) is 161 cm³/mol. The zero-order chi connectivity index (χ0) is 35.4. The molecule has 4 rings (SSSR count). The number of hydrogen-bond acceptors (Lipinski definition) is 21. The zero-order valence-corrected chi connectivity index (χ0v) is 26.1. The van der Waals surface area contributed by atoms with Crippen molar-refractivity contribution in [2.24, 2.45) is 20.5 Å². The van der Waals surface area contributed by atoms with Gasteiger partial charge in [0.2, 0.25) is 0 Å². The number of nitro benzene ring substituents is 1. The topological polar surface area (TPSA) is 345 Å². The molecule has 0 aliphatic heterocycles. The number of phenols is 2. The predicted octanol–water partition coefficient (Wildman–Crippen LogP) is 5.92. The third-order valence-electron chi connectivity index (χ3n) is 5.79. The number of nitro groups is 1. The van der Waals surface area contributed by atoms with E-state index in [1.807, 2.05) is 0 Å². The fraction of sp³-hybridized carbons (Fsp3) is 0. The van der Waals surface area contributed by atoms with Crippen molar-refractivity contribution < 1.29 is 70.3 Å². The number of rotatable bonds is 13. The molecule has 0 saturated heterocycles. The molecule has 22 nitrogen and oxygen atoms in total. The van der Waals surface area contributed by atoms with Crippen molar-refractivity contribution in [1.82, 2.24) is 0 Å². The number of nitrogens with two attached hydrogens (primary N) is 1. The summed E-state index contributed by atoms with van der Waals surface area (Å²) in [5, 5.41) is 71.3. The van der Waals surface area contributed by atoms with E-state index in [0.717, 1.165) is 48.5 Å². The number of azo groups is 2. The van der Waals surface area contributed by atoms with Gasteiger partial charge in [-0.2, -0.15) is 21.9 Å². The normalized spacial score (nSPS) is 12.4. The minimum Gasteiger partial charge on any atom is -0.505 e. The molecule has 0 fully saturated rings. The van der Waals surface area contributed by atoms with Crippen LogP contribution in [0.1, 0.15) is 0 Å². The molecule has 0 aliphatic carbocycles. The maximum atomic E-state index is 12.3. The van der Waals surface area contributed by atoms with Gasteiger partial charge >= 0.3 is 0 Å². The van der Waals surface area contributed by atoms with Gasteiger partial charge in [0.05, 0.1) is 49.9 Å². The molecule has 0 aromatic heterocycles. The highest BCUT2D eigenvalue weighted by molar-refractivity contribution is 7.95. The molecule has 0 aliphatic rings. The van der Waals surface area contributed by atoms with Gasteiger partial charge < -0.3 is 15.9 Å². The first-order valence-corrected chi connectivity index (χ1v) is 16.2. The monoisotopic (exact) mass is 748 g/mol. The Kier molecular flexibility index (Phi) is 11.1. The maximum Gasteiger partial charge on any atom is 0.296 e. The molecule has 4 aromatic rings. The SMILES string of the molecule is Nc1cc(S(=O)(=O)O)c(N=Nc2c(SOOO)cc3cc(S(=O)(=O)O)c(N=Nc4ccc([N+](=O)[O-])cc4)c(O)c3c2O)cc1SOOO. The molecular formula is C22H16N6O16S4. The van der Waals surface area contributed by atoms with Crippen LogP contribution in [0.25, 0.3) is 10.8 Å². The molecule has 254 valence electrons. The van der Waals surface area contributed by atoms with Crippen LogP contribution in [0.2, 0.25) is 0 Å². The van der Waals surface area contributed by atoms with Crippen LogP contribution in [0.5, 0.6) is 11.5 Å². The maximum absolute atomic E-state index is 12.3. The number of nitrogen functional groups attached to an aromatic ring is 1. The van der Waals surface area contributed by atoms with Crippen LogP contribution in [-0.2, 0) is 39.0 Å². The van der Waals surface area contributed by atoms with Crippen LogP contribution >= 0.6 is 24.1 Å². The Morgan fingerprint density at radius 2 is 1.31 bits per heavy atom. The first kappa shape index (κ1) is 36.3. The summed E-state index contributed by atoms with van der Waals surface area (Å²) in [6, 6.07) is 7.81. The summed E-state index contributed by atoms with van der Waals surface area (Å²) in [5.41, 5.74) is 2.90. The van der Waals surface area contributed by atoms with Gasteiger partial charge in [-0.25, -0.2) is 10.5 Å². The smallest absolute Gasteiger partial charge is 0.296 e. The summed E-state index contributed by atoms with van der Waals surface area (Å²) in [4.78, 5) is 7.86. The zero-order valence-electron chi connectivity index (χ0n) is 22.8. The minimum atomic E-state index is -5.16. The van der Waals surface area contributed by atoms with E-state index in [4.69, 9.17) is 16.2 Å². The molecule has 0 unspecified atom stereocenters. The minimum absolute atomic E-state index is 0.0559. The van der Waals surface area contributed by atoms with Crippen molar-refractivity contribution in [3.05, 3.63) is 58.6 Å². The number of hydrogen-bond donors (Lipinski definition) is 7. The first-order valence-electron chi connectivity index (χ1n) is 11.9. The molecule has 0 bridgehead atoms. The average Bonchev–Trinajstić information content (AvgIpc) is 3.01. The number of non-ortho nitro benzene ring substituents is 1. The molecule has 0 saturated carbocycles. The number of nitrogens with zero attached hydrogens (tertiary/aromatic N) is 5. The Balaban J connectivity index is 1.96. The van der Waals surface area contributed by atoms with E-state index in [1.54, 1.807) is 0 Å².